The number of fused-ring (bicyclic) bond motifs is 2. The fourth-order valence-electron chi connectivity index (χ4n) is 3.94. The van der Waals surface area contributed by atoms with Crippen LogP contribution in [0.3, 0.4) is 0 Å². The first-order valence-corrected chi connectivity index (χ1v) is 12.4. The van der Waals surface area contributed by atoms with Crippen LogP contribution in [-0.2, 0) is 16.6 Å². The molecule has 0 radical (unpaired) electrons. The molecule has 0 aliphatic carbocycles. The number of aryl methyl sites for hydroxylation is 3. The molecule has 168 valence electrons. The Morgan fingerprint density at radius 1 is 1.09 bits per heavy atom. The highest BCUT2D eigenvalue weighted by Gasteiger charge is 2.30. The predicted molar refractivity (Wildman–Crippen MR) is 125 cm³/mol. The number of benzene rings is 2. The highest BCUT2D eigenvalue weighted by molar-refractivity contribution is 7.89. The first kappa shape index (κ1) is 22.5. The molecule has 4 aromatic rings. The van der Waals surface area contributed by atoms with Crippen LogP contribution in [0.2, 0.25) is 0 Å². The number of aliphatic hydroxyl groups excluding tert-OH is 1. The molecule has 0 aliphatic heterocycles. The maximum atomic E-state index is 13.7. The van der Waals surface area contributed by atoms with Gasteiger partial charge in [0, 0.05) is 36.2 Å². The molecule has 0 unspecified atom stereocenters. The van der Waals surface area contributed by atoms with Crippen molar-refractivity contribution in [3.63, 3.8) is 0 Å². The number of nitrogens with zero attached hydrogens (tertiary/aromatic N) is 3. The van der Waals surface area contributed by atoms with Crippen molar-refractivity contribution in [2.24, 2.45) is 0 Å². The number of pyridine rings is 1. The largest absolute Gasteiger partial charge is 0.396 e. The van der Waals surface area contributed by atoms with E-state index in [-0.39, 0.29) is 36.6 Å². The number of H-pyrrole nitrogens is 1. The van der Waals surface area contributed by atoms with Crippen LogP contribution in [0.5, 0.6) is 0 Å². The summed E-state index contributed by atoms with van der Waals surface area (Å²) in [4.78, 5) is 15.8. The van der Waals surface area contributed by atoms with Gasteiger partial charge in [0.25, 0.3) is 5.56 Å². The molecule has 8 nitrogen and oxygen atoms in total. The zero-order valence-corrected chi connectivity index (χ0v) is 19.7. The lowest BCUT2D eigenvalue weighted by Crippen LogP contribution is -2.34. The summed E-state index contributed by atoms with van der Waals surface area (Å²) < 4.78 is 37.1. The van der Waals surface area contributed by atoms with Gasteiger partial charge in [-0.2, -0.15) is 13.1 Å². The number of aromatic amines is 1. The lowest BCUT2D eigenvalue weighted by molar-refractivity contribution is 0.267. The number of sulfonamides is 1. The smallest absolute Gasteiger partial charge is 0.252 e. The molecule has 2 N–H and O–H groups in total. The molecule has 10 heteroatoms. The van der Waals surface area contributed by atoms with Crippen molar-refractivity contribution in [1.82, 2.24) is 18.0 Å². The molecule has 0 aliphatic rings. The Balaban J connectivity index is 1.83. The molecule has 0 amide bonds. The average Bonchev–Trinajstić information content (AvgIpc) is 3.19. The van der Waals surface area contributed by atoms with Crippen LogP contribution in [0.25, 0.3) is 21.9 Å². The van der Waals surface area contributed by atoms with Crippen LogP contribution in [0.15, 0.2) is 40.0 Å². The van der Waals surface area contributed by atoms with Gasteiger partial charge in [0.15, 0.2) is 0 Å². The maximum Gasteiger partial charge on any atom is 0.252 e. The summed E-state index contributed by atoms with van der Waals surface area (Å²) in [6, 6.07) is 9.11. The van der Waals surface area contributed by atoms with Crippen molar-refractivity contribution in [2.75, 3.05) is 13.2 Å². The highest BCUT2D eigenvalue weighted by atomic mass is 32.2. The van der Waals surface area contributed by atoms with E-state index in [2.05, 4.69) is 13.7 Å². The van der Waals surface area contributed by atoms with Crippen molar-refractivity contribution < 1.29 is 13.5 Å². The lowest BCUT2D eigenvalue weighted by Gasteiger charge is -2.23. The lowest BCUT2D eigenvalue weighted by atomic mass is 10.0. The van der Waals surface area contributed by atoms with Gasteiger partial charge in [-0.05, 0) is 62.1 Å². The number of rotatable bonds is 7. The van der Waals surface area contributed by atoms with Crippen molar-refractivity contribution in [1.29, 1.82) is 0 Å². The third-order valence-electron chi connectivity index (χ3n) is 5.48. The van der Waals surface area contributed by atoms with Gasteiger partial charge in [0.2, 0.25) is 10.0 Å². The van der Waals surface area contributed by atoms with Crippen LogP contribution >= 0.6 is 11.7 Å². The summed E-state index contributed by atoms with van der Waals surface area (Å²) >= 11 is 0.954. The predicted octanol–water partition coefficient (Wildman–Crippen LogP) is 3.03. The van der Waals surface area contributed by atoms with Crippen molar-refractivity contribution in [3.8, 4) is 0 Å². The van der Waals surface area contributed by atoms with Gasteiger partial charge >= 0.3 is 0 Å². The molecule has 0 atom stereocenters. The van der Waals surface area contributed by atoms with Crippen molar-refractivity contribution in [2.45, 2.75) is 38.6 Å². The summed E-state index contributed by atoms with van der Waals surface area (Å²) in [5.41, 5.74) is 4.14. The molecule has 0 bridgehead atoms. The Morgan fingerprint density at radius 3 is 2.62 bits per heavy atom. The Bertz CT molecular complexity index is 1470. The van der Waals surface area contributed by atoms with Crippen LogP contribution in [0.1, 0.15) is 28.7 Å². The minimum atomic E-state index is -4.01. The third kappa shape index (κ3) is 4.06. The summed E-state index contributed by atoms with van der Waals surface area (Å²) in [7, 11) is -4.01. The van der Waals surface area contributed by atoms with E-state index >= 15 is 0 Å². The van der Waals surface area contributed by atoms with Crippen LogP contribution < -0.4 is 5.56 Å². The van der Waals surface area contributed by atoms with Gasteiger partial charge in [-0.25, -0.2) is 8.42 Å². The Kier molecular flexibility index (Phi) is 6.13. The summed E-state index contributed by atoms with van der Waals surface area (Å²) in [5, 5.41) is 10.2. The molecule has 0 spiro atoms. The molecule has 0 fully saturated rings. The molecule has 2 aromatic carbocycles. The highest BCUT2D eigenvalue weighted by Crippen LogP contribution is 2.29. The minimum Gasteiger partial charge on any atom is -0.396 e. The summed E-state index contributed by atoms with van der Waals surface area (Å²) in [6.07, 6.45) is 0.243. The number of nitrogens with one attached hydrogen (secondary N) is 1. The maximum absolute atomic E-state index is 13.7. The molecule has 2 heterocycles. The Morgan fingerprint density at radius 2 is 1.88 bits per heavy atom. The van der Waals surface area contributed by atoms with Crippen molar-refractivity contribution in [3.05, 3.63) is 62.9 Å². The third-order valence-corrected chi connectivity index (χ3v) is 8.04. The van der Waals surface area contributed by atoms with E-state index in [0.717, 1.165) is 33.8 Å². The van der Waals surface area contributed by atoms with Gasteiger partial charge in [-0.1, -0.05) is 12.1 Å². The standard InChI is InChI=1S/C22H24N4O4S2/c1-13-9-15(3)17-11-16(22(28)23-19(17)10-13)12-26(7-4-8-27)32(29,30)21-14(2)5-6-18-20(21)25-31-24-18/h5-6,9-11,27H,4,7-8,12H2,1-3H3,(H,23,28). The van der Waals surface area contributed by atoms with E-state index in [4.69, 9.17) is 0 Å². The number of hydrogen-bond donors (Lipinski definition) is 2. The van der Waals surface area contributed by atoms with Crippen LogP contribution in [0, 0.1) is 20.8 Å². The first-order chi connectivity index (χ1) is 15.2. The molecular formula is C22H24N4O4S2. The molecule has 32 heavy (non-hydrogen) atoms. The van der Waals surface area contributed by atoms with Gasteiger partial charge < -0.3 is 10.1 Å². The second-order valence-electron chi connectivity index (χ2n) is 7.93. The van der Waals surface area contributed by atoms with Crippen LogP contribution in [-0.4, -0.2) is 44.7 Å². The topological polar surface area (TPSA) is 116 Å². The molecule has 0 saturated heterocycles. The second-order valence-corrected chi connectivity index (χ2v) is 10.3. The zero-order chi connectivity index (χ0) is 23.0. The van der Waals surface area contributed by atoms with Gasteiger partial charge in [0.05, 0.1) is 11.7 Å². The first-order valence-electron chi connectivity index (χ1n) is 10.2. The summed E-state index contributed by atoms with van der Waals surface area (Å²) in [5.74, 6) is 0. The fraction of sp³-hybridized carbons (Fsp3) is 0.318. The molecular weight excluding hydrogens is 448 g/mol. The van der Waals surface area contributed by atoms with Crippen molar-refractivity contribution >= 4 is 43.7 Å². The van der Waals surface area contributed by atoms with Gasteiger partial charge in [-0.3, -0.25) is 4.79 Å². The minimum absolute atomic E-state index is 0.0661. The summed E-state index contributed by atoms with van der Waals surface area (Å²) in [6.45, 7) is 5.41. The molecule has 2 aromatic heterocycles. The van der Waals surface area contributed by atoms with Gasteiger partial charge in [0.1, 0.15) is 15.9 Å². The van der Waals surface area contributed by atoms with E-state index < -0.39 is 10.0 Å². The van der Waals surface area contributed by atoms with E-state index in [1.165, 1.54) is 4.31 Å². The second kappa shape index (κ2) is 8.70. The SMILES string of the molecule is Cc1cc(C)c2cc(CN(CCCO)S(=O)(=O)c3c(C)ccc4nsnc34)c(=O)[nH]c2c1. The quantitative estimate of drug-likeness (QED) is 0.427. The normalized spacial score (nSPS) is 12.3. The average molecular weight is 473 g/mol. The Hall–Kier alpha value is -2.66. The zero-order valence-electron chi connectivity index (χ0n) is 18.0. The van der Waals surface area contributed by atoms with E-state index in [1.807, 2.05) is 26.0 Å². The monoisotopic (exact) mass is 472 g/mol. The van der Waals surface area contributed by atoms with E-state index in [0.29, 0.717) is 22.2 Å². The molecule has 4 rings (SSSR count). The molecule has 0 saturated carbocycles. The van der Waals surface area contributed by atoms with Crippen LogP contribution in [0.4, 0.5) is 0 Å². The van der Waals surface area contributed by atoms with E-state index in [1.54, 1.807) is 25.1 Å². The number of hydrogen-bond acceptors (Lipinski definition) is 7. The number of aliphatic hydroxyl groups is 1. The Labute approximate surface area is 189 Å². The fourth-order valence-corrected chi connectivity index (χ4v) is 6.34. The van der Waals surface area contributed by atoms with Gasteiger partial charge in [-0.15, -0.1) is 0 Å². The van der Waals surface area contributed by atoms with E-state index in [9.17, 15) is 18.3 Å². The number of aromatic nitrogens is 3.